The van der Waals surface area contributed by atoms with E-state index in [0.717, 1.165) is 77.9 Å². The van der Waals surface area contributed by atoms with Crippen LogP contribution in [0.5, 0.6) is 0 Å². The molecule has 0 bridgehead atoms. The fraction of sp³-hybridized carbons (Fsp3) is 0.882. The second-order valence-corrected chi connectivity index (χ2v) is 7.00. The first-order valence-electron chi connectivity index (χ1n) is 9.24. The smallest absolute Gasteiger partial charge is 0.320 e. The van der Waals surface area contributed by atoms with Gasteiger partial charge in [0.05, 0.1) is 0 Å². The Kier molecular flexibility index (Phi) is 5.41. The number of piperidine rings is 1. The van der Waals surface area contributed by atoms with E-state index < -0.39 is 0 Å². The number of rotatable bonds is 4. The molecule has 6 heteroatoms. The summed E-state index contributed by atoms with van der Waals surface area (Å²) in [6, 6.07) is 0.439. The van der Waals surface area contributed by atoms with E-state index >= 15 is 0 Å². The second-order valence-electron chi connectivity index (χ2n) is 7.00. The van der Waals surface area contributed by atoms with E-state index in [1.165, 1.54) is 0 Å². The molecule has 0 aliphatic carbocycles. The van der Waals surface area contributed by atoms with Crippen LogP contribution in [0.15, 0.2) is 0 Å². The van der Waals surface area contributed by atoms with Crippen molar-refractivity contribution in [3.05, 3.63) is 0 Å². The van der Waals surface area contributed by atoms with Gasteiger partial charge in [0.25, 0.3) is 0 Å². The maximum absolute atomic E-state index is 12.8. The fourth-order valence-electron chi connectivity index (χ4n) is 4.07. The largest absolute Gasteiger partial charge is 0.341 e. The minimum absolute atomic E-state index is 0.0822. The van der Waals surface area contributed by atoms with Crippen LogP contribution in [-0.2, 0) is 4.79 Å². The second kappa shape index (κ2) is 7.51. The highest BCUT2D eigenvalue weighted by molar-refractivity contribution is 5.84. The highest BCUT2D eigenvalue weighted by atomic mass is 16.2. The zero-order valence-corrected chi connectivity index (χ0v) is 14.4. The Labute approximate surface area is 139 Å². The lowest BCUT2D eigenvalue weighted by atomic mass is 10.0. The zero-order valence-electron chi connectivity index (χ0n) is 14.4. The molecule has 3 aliphatic heterocycles. The molecule has 3 fully saturated rings. The number of nitrogens with zero attached hydrogens (tertiary/aromatic N) is 4. The molecule has 0 aromatic carbocycles. The van der Waals surface area contributed by atoms with Gasteiger partial charge in [-0.1, -0.05) is 6.92 Å². The van der Waals surface area contributed by atoms with Crippen molar-refractivity contribution in [1.82, 2.24) is 19.6 Å². The van der Waals surface area contributed by atoms with Gasteiger partial charge in [-0.3, -0.25) is 4.79 Å². The predicted octanol–water partition coefficient (Wildman–Crippen LogP) is 1.22. The maximum Gasteiger partial charge on any atom is 0.320 e. The summed E-state index contributed by atoms with van der Waals surface area (Å²) >= 11 is 0. The molecule has 3 amide bonds. The average Bonchev–Trinajstić information content (AvgIpc) is 3.11. The van der Waals surface area contributed by atoms with Crippen molar-refractivity contribution in [1.29, 1.82) is 0 Å². The van der Waals surface area contributed by atoms with Gasteiger partial charge >= 0.3 is 6.03 Å². The fourth-order valence-corrected chi connectivity index (χ4v) is 4.07. The maximum atomic E-state index is 12.8. The van der Waals surface area contributed by atoms with Crippen molar-refractivity contribution in [2.45, 2.75) is 45.1 Å². The molecule has 0 atom stereocenters. The van der Waals surface area contributed by atoms with Crippen LogP contribution in [-0.4, -0.2) is 89.9 Å². The number of hydrogen-bond donors (Lipinski definition) is 0. The third-order valence-electron chi connectivity index (χ3n) is 5.57. The minimum atomic E-state index is 0.0822. The van der Waals surface area contributed by atoms with Crippen molar-refractivity contribution in [2.24, 2.45) is 0 Å². The van der Waals surface area contributed by atoms with Crippen molar-refractivity contribution >= 4 is 11.9 Å². The molecule has 0 radical (unpaired) electrons. The van der Waals surface area contributed by atoms with Gasteiger partial charge in [-0.15, -0.1) is 0 Å². The van der Waals surface area contributed by atoms with Crippen LogP contribution in [0.1, 0.15) is 39.0 Å². The van der Waals surface area contributed by atoms with E-state index in [-0.39, 0.29) is 18.5 Å². The van der Waals surface area contributed by atoms with E-state index in [2.05, 4.69) is 11.8 Å². The van der Waals surface area contributed by atoms with Gasteiger partial charge in [0.2, 0.25) is 5.91 Å². The van der Waals surface area contributed by atoms with Crippen LogP contribution in [0.4, 0.5) is 4.79 Å². The Bertz CT molecular complexity index is 428. The lowest BCUT2D eigenvalue weighted by Crippen LogP contribution is -2.57. The van der Waals surface area contributed by atoms with Crippen LogP contribution in [0.3, 0.4) is 0 Å². The first-order chi connectivity index (χ1) is 11.2. The first kappa shape index (κ1) is 16.6. The third kappa shape index (κ3) is 3.79. The van der Waals surface area contributed by atoms with Gasteiger partial charge in [0.1, 0.15) is 6.54 Å². The number of urea groups is 1. The summed E-state index contributed by atoms with van der Waals surface area (Å²) in [5.41, 5.74) is 0. The molecule has 0 aromatic heterocycles. The summed E-state index contributed by atoms with van der Waals surface area (Å²) in [4.78, 5) is 33.3. The average molecular weight is 322 g/mol. The van der Waals surface area contributed by atoms with Crippen molar-refractivity contribution in [2.75, 3.05) is 52.4 Å². The van der Waals surface area contributed by atoms with E-state index in [1.54, 1.807) is 4.90 Å². The summed E-state index contributed by atoms with van der Waals surface area (Å²) in [5, 5.41) is 0. The molecular formula is C17H30N4O2. The topological polar surface area (TPSA) is 47.1 Å². The summed E-state index contributed by atoms with van der Waals surface area (Å²) in [7, 11) is 0. The van der Waals surface area contributed by atoms with Gasteiger partial charge in [-0.25, -0.2) is 4.79 Å². The molecule has 0 N–H and O–H groups in total. The normalized spacial score (nSPS) is 24.6. The molecule has 3 rings (SSSR count). The molecule has 0 spiro atoms. The van der Waals surface area contributed by atoms with Crippen molar-refractivity contribution < 1.29 is 9.59 Å². The molecule has 23 heavy (non-hydrogen) atoms. The Hall–Kier alpha value is -1.30. The standard InChI is InChI=1S/C17H30N4O2/c1-2-18-12-6-15(7-13-18)21-11-5-10-20(17(21)23)14-16(22)19-8-3-4-9-19/h15H,2-14H2,1H3. The van der Waals surface area contributed by atoms with E-state index in [1.807, 2.05) is 9.80 Å². The van der Waals surface area contributed by atoms with Gasteiger partial charge in [0, 0.05) is 45.3 Å². The van der Waals surface area contributed by atoms with E-state index in [4.69, 9.17) is 0 Å². The van der Waals surface area contributed by atoms with Gasteiger partial charge in [0.15, 0.2) is 0 Å². The Morgan fingerprint density at radius 3 is 2.35 bits per heavy atom. The molecule has 3 heterocycles. The van der Waals surface area contributed by atoms with Crippen molar-refractivity contribution in [3.8, 4) is 0 Å². The number of amides is 3. The first-order valence-corrected chi connectivity index (χ1v) is 9.24. The van der Waals surface area contributed by atoms with Crippen LogP contribution < -0.4 is 0 Å². The van der Waals surface area contributed by atoms with Gasteiger partial charge in [-0.05, 0) is 38.6 Å². The lowest BCUT2D eigenvalue weighted by Gasteiger charge is -2.43. The van der Waals surface area contributed by atoms with Crippen molar-refractivity contribution in [3.63, 3.8) is 0 Å². The summed E-state index contributed by atoms with van der Waals surface area (Å²) in [5.74, 6) is 0.124. The van der Waals surface area contributed by atoms with Gasteiger partial charge < -0.3 is 19.6 Å². The SMILES string of the molecule is CCN1CCC(N2CCCN(CC(=O)N3CCCC3)C2=O)CC1. The van der Waals surface area contributed by atoms with E-state index in [9.17, 15) is 9.59 Å². The van der Waals surface area contributed by atoms with Crippen LogP contribution in [0.25, 0.3) is 0 Å². The number of carbonyl (C=O) groups excluding carboxylic acids is 2. The molecule has 0 aromatic rings. The summed E-state index contributed by atoms with van der Waals surface area (Å²) < 4.78 is 0. The van der Waals surface area contributed by atoms with Gasteiger partial charge in [-0.2, -0.15) is 0 Å². The lowest BCUT2D eigenvalue weighted by molar-refractivity contribution is -0.131. The Morgan fingerprint density at radius 1 is 1.00 bits per heavy atom. The molecule has 3 saturated heterocycles. The molecular weight excluding hydrogens is 292 g/mol. The summed E-state index contributed by atoms with van der Waals surface area (Å²) in [6.07, 6.45) is 5.30. The van der Waals surface area contributed by atoms with Crippen LogP contribution in [0.2, 0.25) is 0 Å². The van der Waals surface area contributed by atoms with Crippen LogP contribution in [0, 0.1) is 0 Å². The molecule has 3 aliphatic rings. The number of hydrogen-bond acceptors (Lipinski definition) is 3. The predicted molar refractivity (Wildman–Crippen MR) is 89.2 cm³/mol. The minimum Gasteiger partial charge on any atom is -0.341 e. The highest BCUT2D eigenvalue weighted by Gasteiger charge is 2.34. The Morgan fingerprint density at radius 2 is 1.70 bits per heavy atom. The zero-order chi connectivity index (χ0) is 16.2. The third-order valence-corrected chi connectivity index (χ3v) is 5.57. The summed E-state index contributed by atoms with van der Waals surface area (Å²) in [6.45, 7) is 9.01. The van der Waals surface area contributed by atoms with Crippen LogP contribution >= 0.6 is 0 Å². The number of likely N-dealkylation sites (tertiary alicyclic amines) is 2. The highest BCUT2D eigenvalue weighted by Crippen LogP contribution is 2.21. The number of carbonyl (C=O) groups is 2. The molecule has 130 valence electrons. The molecule has 6 nitrogen and oxygen atoms in total. The Balaban J connectivity index is 1.54. The quantitative estimate of drug-likeness (QED) is 0.782. The molecule has 0 unspecified atom stereocenters. The monoisotopic (exact) mass is 322 g/mol. The van der Waals surface area contributed by atoms with E-state index in [0.29, 0.717) is 6.04 Å². The molecule has 0 saturated carbocycles.